The van der Waals surface area contributed by atoms with Crippen LogP contribution in [0.3, 0.4) is 0 Å². The van der Waals surface area contributed by atoms with Crippen molar-refractivity contribution in [2.24, 2.45) is 11.8 Å². The highest BCUT2D eigenvalue weighted by Gasteiger charge is 2.50. The third-order valence-corrected chi connectivity index (χ3v) is 10.9. The van der Waals surface area contributed by atoms with E-state index in [2.05, 4.69) is 45.0 Å². The summed E-state index contributed by atoms with van der Waals surface area (Å²) in [6.07, 6.45) is -1.71. The van der Waals surface area contributed by atoms with Crippen molar-refractivity contribution in [2.75, 3.05) is 13.2 Å². The van der Waals surface area contributed by atoms with Crippen LogP contribution in [0.2, 0.25) is 5.04 Å². The molecule has 4 nitrogen and oxygen atoms in total. The van der Waals surface area contributed by atoms with Gasteiger partial charge in [0.15, 0.2) is 0 Å². The van der Waals surface area contributed by atoms with Crippen LogP contribution in [0.25, 0.3) is 0 Å². The molecule has 0 amide bonds. The van der Waals surface area contributed by atoms with E-state index in [0.29, 0.717) is 6.61 Å². The van der Waals surface area contributed by atoms with Crippen molar-refractivity contribution < 1.29 is 19.7 Å². The summed E-state index contributed by atoms with van der Waals surface area (Å²) in [6.45, 7) is 10.4. The van der Waals surface area contributed by atoms with E-state index >= 15 is 0 Å². The molecule has 5 heteroatoms. The summed E-state index contributed by atoms with van der Waals surface area (Å²) < 4.78 is 6.85. The molecule has 2 rings (SSSR count). The smallest absolute Gasteiger partial charge is 0.261 e. The van der Waals surface area contributed by atoms with E-state index in [1.807, 2.05) is 43.3 Å². The number of hydrogen-bond donors (Lipinski definition) is 3. The Morgan fingerprint density at radius 2 is 1.31 bits per heavy atom. The Labute approximate surface area is 176 Å². The van der Waals surface area contributed by atoms with E-state index in [4.69, 9.17) is 4.43 Å². The number of aliphatic hydroxyl groups excluding tert-OH is 3. The fourth-order valence-electron chi connectivity index (χ4n) is 4.03. The van der Waals surface area contributed by atoms with Gasteiger partial charge in [0.05, 0.1) is 18.8 Å². The van der Waals surface area contributed by atoms with Crippen molar-refractivity contribution in [3.63, 3.8) is 0 Å². The summed E-state index contributed by atoms with van der Waals surface area (Å²) in [5.74, 6) is -0.620. The predicted molar refractivity (Wildman–Crippen MR) is 121 cm³/mol. The van der Waals surface area contributed by atoms with Crippen LogP contribution in [0, 0.1) is 11.8 Å². The molecule has 0 radical (unpaired) electrons. The van der Waals surface area contributed by atoms with Crippen LogP contribution < -0.4 is 10.4 Å². The first-order valence-electron chi connectivity index (χ1n) is 10.4. The molecule has 0 aliphatic rings. The molecule has 1 unspecified atom stereocenters. The van der Waals surface area contributed by atoms with E-state index in [9.17, 15) is 15.3 Å². The molecule has 4 atom stereocenters. The zero-order valence-electron chi connectivity index (χ0n) is 18.2. The molecule has 2 aromatic carbocycles. The average Bonchev–Trinajstić information content (AvgIpc) is 2.72. The summed E-state index contributed by atoms with van der Waals surface area (Å²) >= 11 is 0. The first kappa shape index (κ1) is 23.8. The van der Waals surface area contributed by atoms with Gasteiger partial charge in [-0.25, -0.2) is 0 Å². The van der Waals surface area contributed by atoms with Crippen molar-refractivity contribution in [3.05, 3.63) is 60.7 Å². The number of benzene rings is 2. The monoisotopic (exact) mass is 416 g/mol. The van der Waals surface area contributed by atoms with Gasteiger partial charge in [-0.3, -0.25) is 0 Å². The first-order valence-corrected chi connectivity index (χ1v) is 12.3. The zero-order valence-corrected chi connectivity index (χ0v) is 19.2. The Morgan fingerprint density at radius 3 is 1.69 bits per heavy atom. The van der Waals surface area contributed by atoms with Crippen molar-refractivity contribution in [1.29, 1.82) is 0 Å². The summed E-state index contributed by atoms with van der Waals surface area (Å²) in [4.78, 5) is 0. The maximum Gasteiger partial charge on any atom is 0.261 e. The van der Waals surface area contributed by atoms with Crippen LogP contribution in [-0.4, -0.2) is 49.1 Å². The maximum absolute atomic E-state index is 10.7. The van der Waals surface area contributed by atoms with Gasteiger partial charge >= 0.3 is 0 Å². The Kier molecular flexibility index (Phi) is 8.20. The van der Waals surface area contributed by atoms with Crippen LogP contribution in [0.4, 0.5) is 0 Å². The summed E-state index contributed by atoms with van der Waals surface area (Å²) in [6, 6.07) is 20.8. The van der Waals surface area contributed by atoms with Crippen molar-refractivity contribution in [3.8, 4) is 0 Å². The fourth-order valence-corrected chi connectivity index (χ4v) is 8.70. The minimum Gasteiger partial charge on any atom is -0.407 e. The summed E-state index contributed by atoms with van der Waals surface area (Å²) in [5, 5.41) is 32.1. The molecule has 0 aliphatic carbocycles. The summed E-state index contributed by atoms with van der Waals surface area (Å²) in [5.41, 5.74) is 0. The lowest BCUT2D eigenvalue weighted by Gasteiger charge is -2.44. The standard InChI is InChI=1S/C24H36O4Si/c1-18(23(27)19(2)22(26)16-25)17-28-29(24(3,4)5,20-12-8-6-9-13-20)21-14-10-7-11-15-21/h6-15,18-19,22-23,25-27H,16-17H2,1-5H3/t18-,19-,22?,23+/m1/s1. The Bertz CT molecular complexity index is 690. The average molecular weight is 417 g/mol. The lowest BCUT2D eigenvalue weighted by molar-refractivity contribution is -0.0365. The van der Waals surface area contributed by atoms with Crippen LogP contribution in [0.5, 0.6) is 0 Å². The van der Waals surface area contributed by atoms with Crippen LogP contribution in [0.1, 0.15) is 34.6 Å². The molecule has 0 bridgehead atoms. The van der Waals surface area contributed by atoms with Crippen LogP contribution in [0.15, 0.2) is 60.7 Å². The third kappa shape index (κ3) is 5.16. The van der Waals surface area contributed by atoms with Gasteiger partial charge in [-0.2, -0.15) is 0 Å². The molecule has 3 N–H and O–H groups in total. The van der Waals surface area contributed by atoms with E-state index < -0.39 is 26.4 Å². The second-order valence-corrected chi connectivity index (χ2v) is 13.4. The van der Waals surface area contributed by atoms with Gasteiger partial charge in [0.2, 0.25) is 0 Å². The van der Waals surface area contributed by atoms with Crippen LogP contribution in [-0.2, 0) is 4.43 Å². The fraction of sp³-hybridized carbons (Fsp3) is 0.500. The topological polar surface area (TPSA) is 69.9 Å². The van der Waals surface area contributed by atoms with E-state index in [1.54, 1.807) is 6.92 Å². The molecule has 29 heavy (non-hydrogen) atoms. The molecular weight excluding hydrogens is 380 g/mol. The van der Waals surface area contributed by atoms with Gasteiger partial charge in [-0.05, 0) is 15.4 Å². The molecule has 0 aliphatic heterocycles. The van der Waals surface area contributed by atoms with Gasteiger partial charge in [0, 0.05) is 18.4 Å². The largest absolute Gasteiger partial charge is 0.407 e. The van der Waals surface area contributed by atoms with Crippen molar-refractivity contribution >= 4 is 18.7 Å². The number of hydrogen-bond acceptors (Lipinski definition) is 4. The molecule has 160 valence electrons. The van der Waals surface area contributed by atoms with Gasteiger partial charge in [-0.1, -0.05) is 95.3 Å². The second-order valence-electron chi connectivity index (χ2n) is 9.05. The molecule has 0 aromatic heterocycles. The molecular formula is C24H36O4Si. The van der Waals surface area contributed by atoms with Crippen molar-refractivity contribution in [1.82, 2.24) is 0 Å². The van der Waals surface area contributed by atoms with E-state index in [-0.39, 0.29) is 17.6 Å². The van der Waals surface area contributed by atoms with E-state index in [0.717, 1.165) is 0 Å². The minimum absolute atomic E-state index is 0.128. The van der Waals surface area contributed by atoms with Gasteiger partial charge in [-0.15, -0.1) is 0 Å². The highest BCUT2D eigenvalue weighted by molar-refractivity contribution is 6.99. The Balaban J connectivity index is 2.41. The van der Waals surface area contributed by atoms with Gasteiger partial charge < -0.3 is 19.7 Å². The molecule has 0 fully saturated rings. The molecule has 0 spiro atoms. The molecule has 2 aromatic rings. The predicted octanol–water partition coefficient (Wildman–Crippen LogP) is 2.55. The lowest BCUT2D eigenvalue weighted by atomic mass is 9.90. The zero-order chi connectivity index (χ0) is 21.7. The highest BCUT2D eigenvalue weighted by Crippen LogP contribution is 2.37. The first-order chi connectivity index (χ1) is 13.6. The summed E-state index contributed by atoms with van der Waals surface area (Å²) in [7, 11) is -2.65. The van der Waals surface area contributed by atoms with Gasteiger partial charge in [0.1, 0.15) is 0 Å². The highest BCUT2D eigenvalue weighted by atomic mass is 28.4. The maximum atomic E-state index is 10.7. The minimum atomic E-state index is -2.65. The van der Waals surface area contributed by atoms with Crippen LogP contribution >= 0.6 is 0 Å². The molecule has 0 saturated carbocycles. The lowest BCUT2D eigenvalue weighted by Crippen LogP contribution is -2.67. The SMILES string of the molecule is C[C@H](CO[Si](c1ccccc1)(c1ccccc1)C(C)(C)C)[C@H](O)[C@H](C)C(O)CO. The number of aliphatic hydroxyl groups is 3. The Morgan fingerprint density at radius 1 is 0.862 bits per heavy atom. The Hall–Kier alpha value is -1.50. The van der Waals surface area contributed by atoms with Gasteiger partial charge in [0.25, 0.3) is 8.32 Å². The van der Waals surface area contributed by atoms with Crippen molar-refractivity contribution in [2.45, 2.75) is 51.9 Å². The normalized spacial score (nSPS) is 16.8. The van der Waals surface area contributed by atoms with E-state index in [1.165, 1.54) is 10.4 Å². The quantitative estimate of drug-likeness (QED) is 0.550. The number of rotatable bonds is 9. The molecule has 0 saturated heterocycles. The molecule has 0 heterocycles. The third-order valence-electron chi connectivity index (χ3n) is 5.90. The second kappa shape index (κ2) is 10.0.